The van der Waals surface area contributed by atoms with Gasteiger partial charge < -0.3 is 24.5 Å². The minimum absolute atomic E-state index is 0. The van der Waals surface area contributed by atoms with Gasteiger partial charge in [0.2, 0.25) is 0 Å². The van der Waals surface area contributed by atoms with E-state index in [0.29, 0.717) is 13.1 Å². The Bertz CT molecular complexity index is 733. The molecule has 1 aromatic heterocycles. The zero-order valence-corrected chi connectivity index (χ0v) is 20.2. The molecule has 0 spiro atoms. The van der Waals surface area contributed by atoms with Gasteiger partial charge in [0.15, 0.2) is 0 Å². The number of aliphatic hydroxyl groups is 1. The Morgan fingerprint density at radius 3 is 2.77 bits per heavy atom. The van der Waals surface area contributed by atoms with Crippen molar-refractivity contribution in [1.29, 1.82) is 0 Å². The van der Waals surface area contributed by atoms with Gasteiger partial charge in [-0.25, -0.2) is 0 Å². The van der Waals surface area contributed by atoms with Gasteiger partial charge in [-0.1, -0.05) is 13.0 Å². The van der Waals surface area contributed by atoms with Crippen LogP contribution >= 0.6 is 12.6 Å². The Morgan fingerprint density at radius 1 is 1.42 bits per heavy atom. The number of rotatable bonds is 5. The summed E-state index contributed by atoms with van der Waals surface area (Å²) in [4.78, 5) is 12.5. The maximum Gasteiger partial charge on any atom is 1.00 e. The van der Waals surface area contributed by atoms with Crippen LogP contribution in [0.1, 0.15) is 36.9 Å². The van der Waals surface area contributed by atoms with E-state index in [1.54, 1.807) is 13.4 Å². The second-order valence-electron chi connectivity index (χ2n) is 5.85. The molecule has 5 nitrogen and oxygen atoms in total. The fourth-order valence-electron chi connectivity index (χ4n) is 3.75. The van der Waals surface area contributed by atoms with Crippen LogP contribution in [0.25, 0.3) is 16.2 Å². The number of thiol groups is 1. The summed E-state index contributed by atoms with van der Waals surface area (Å²) >= 11 is 3.53. The summed E-state index contributed by atoms with van der Waals surface area (Å²) < 4.78 is 7.69. The number of benzene rings is 1. The van der Waals surface area contributed by atoms with Crippen molar-refractivity contribution < 1.29 is 66.0 Å². The van der Waals surface area contributed by atoms with Crippen molar-refractivity contribution in [2.75, 3.05) is 26.5 Å². The molecule has 1 N–H and O–H groups in total. The quantitative estimate of drug-likeness (QED) is 0.567. The van der Waals surface area contributed by atoms with Gasteiger partial charge in [-0.3, -0.25) is 0 Å². The number of ether oxygens (including phenoxy) is 1. The second kappa shape index (κ2) is 11.7. The molecule has 1 heterocycles. The Hall–Kier alpha value is -0.0236. The maximum absolute atomic E-state index is 12.5. The van der Waals surface area contributed by atoms with E-state index in [2.05, 4.69) is 22.5 Å². The summed E-state index contributed by atoms with van der Waals surface area (Å²) in [7, 11) is 1.65. The number of carbonyl (C=O) groups excluding carboxylic acids is 1. The van der Waals surface area contributed by atoms with Gasteiger partial charge in [0, 0.05) is 23.5 Å². The van der Waals surface area contributed by atoms with Crippen LogP contribution in [0.3, 0.4) is 0 Å². The van der Waals surface area contributed by atoms with E-state index in [9.17, 15) is 9.90 Å². The summed E-state index contributed by atoms with van der Waals surface area (Å²) in [6.07, 6.45) is 4.40. The van der Waals surface area contributed by atoms with Gasteiger partial charge in [0.1, 0.15) is 5.75 Å². The van der Waals surface area contributed by atoms with Gasteiger partial charge in [0.25, 0.3) is 0 Å². The minimum atomic E-state index is -0.197. The molecule has 1 aliphatic rings. The normalized spacial score (nSPS) is 15.3. The van der Waals surface area contributed by atoms with Crippen LogP contribution in [0.4, 0.5) is 0 Å². The first kappa shape index (κ1) is 24.0. The van der Waals surface area contributed by atoms with Gasteiger partial charge >= 0.3 is 51.4 Å². The van der Waals surface area contributed by atoms with Crippen molar-refractivity contribution >= 4 is 29.4 Å². The topological polar surface area (TPSA) is 65.6 Å². The molecule has 2 aromatic rings. The zero-order valence-electron chi connectivity index (χ0n) is 16.2. The van der Waals surface area contributed by atoms with Crippen LogP contribution in [0, 0.1) is 0 Å². The summed E-state index contributed by atoms with van der Waals surface area (Å²) in [5.74, 6) is 0.548. The van der Waals surface area contributed by atoms with Crippen LogP contribution in [-0.2, 0) is 17.8 Å². The van der Waals surface area contributed by atoms with Crippen LogP contribution in [0.15, 0.2) is 18.2 Å². The third kappa shape index (κ3) is 4.69. The largest absolute Gasteiger partial charge is 1.00 e. The number of carbonyl (C=O) groups is 1. The van der Waals surface area contributed by atoms with Crippen LogP contribution < -0.4 is 56.1 Å². The fourth-order valence-corrected chi connectivity index (χ4v) is 3.75. The number of hydrogen-bond donors (Lipinski definition) is 2. The van der Waals surface area contributed by atoms with E-state index in [1.807, 2.05) is 25.1 Å². The molecule has 0 bridgehead atoms. The summed E-state index contributed by atoms with van der Waals surface area (Å²) in [6.45, 7) is 3.00. The first-order valence-electron chi connectivity index (χ1n) is 8.67. The molecular weight excluding hydrogens is 375 g/mol. The van der Waals surface area contributed by atoms with Crippen molar-refractivity contribution in [3.05, 3.63) is 34.8 Å². The first-order valence-corrected chi connectivity index (χ1v) is 9.57. The smallest absolute Gasteiger partial charge is 0.653 e. The average Bonchev–Trinajstić information content (AvgIpc) is 2.98. The molecular formula is C19H27KN2O3S. The fraction of sp³-hybridized carbons (Fsp3) is 0.526. The number of hydrogen-bond acceptors (Lipinski definition) is 4. The van der Waals surface area contributed by atoms with Crippen molar-refractivity contribution in [2.24, 2.45) is 0 Å². The zero-order chi connectivity index (χ0) is 18.4. The third-order valence-electron chi connectivity index (χ3n) is 4.61. The average molecular weight is 403 g/mol. The molecule has 3 rings (SSSR count). The van der Waals surface area contributed by atoms with Gasteiger partial charge in [-0.05, 0) is 43.2 Å². The molecule has 1 amide bonds. The minimum Gasteiger partial charge on any atom is -0.653 e. The third-order valence-corrected chi connectivity index (χ3v) is 4.61. The first-order chi connectivity index (χ1) is 12.2. The molecule has 1 aliphatic carbocycles. The maximum atomic E-state index is 12.5. The van der Waals surface area contributed by atoms with E-state index >= 15 is 0 Å². The molecule has 26 heavy (non-hydrogen) atoms. The standard InChI is InChI=1S/C18H24N2O3.CH4S.K/c1-3-19-18(22)12-6-4-7-13-16(12)17-14(20(13)10-11-21)8-5-9-15(17)23-2;1-2;/h5,8-9,12,21H,3-4,6-7,10-11H2,1-2H3,(H,19,22);2H,1H3;/q;;+1/p-1/t12-;;/m1../s1. The van der Waals surface area contributed by atoms with Crippen LogP contribution in [0.2, 0.25) is 0 Å². The van der Waals surface area contributed by atoms with E-state index in [1.165, 1.54) is 0 Å². The Kier molecular flexibility index (Phi) is 10.8. The van der Waals surface area contributed by atoms with E-state index < -0.39 is 0 Å². The molecule has 7 heteroatoms. The molecule has 0 fully saturated rings. The Morgan fingerprint density at radius 2 is 2.15 bits per heavy atom. The van der Waals surface area contributed by atoms with Crippen molar-refractivity contribution in [1.82, 2.24) is 4.57 Å². The number of aromatic nitrogens is 1. The molecule has 0 saturated carbocycles. The summed E-state index contributed by atoms with van der Waals surface area (Å²) in [6, 6.07) is 5.91. The number of aliphatic hydroxyl groups excluding tert-OH is 1. The Labute approximate surface area is 203 Å². The predicted molar refractivity (Wildman–Crippen MR) is 105 cm³/mol. The van der Waals surface area contributed by atoms with Gasteiger partial charge in [-0.15, -0.1) is 6.54 Å². The molecule has 1 aromatic carbocycles. The monoisotopic (exact) mass is 402 g/mol. The number of fused-ring (bicyclic) bond motifs is 3. The second-order valence-corrected chi connectivity index (χ2v) is 5.85. The van der Waals surface area contributed by atoms with Crippen molar-refractivity contribution in [2.45, 2.75) is 38.6 Å². The molecule has 0 saturated heterocycles. The van der Waals surface area contributed by atoms with Crippen molar-refractivity contribution in [3.8, 4) is 5.75 Å². The summed E-state index contributed by atoms with van der Waals surface area (Å²) in [5, 5.41) is 14.6. The Balaban J connectivity index is 0.00000109. The van der Waals surface area contributed by atoms with E-state index in [4.69, 9.17) is 4.74 Å². The number of nitrogens with zero attached hydrogens (tertiary/aromatic N) is 2. The number of likely N-dealkylation sites (N-methyl/N-ethyl adjacent to an activating group) is 1. The predicted octanol–water partition coefficient (Wildman–Crippen LogP) is 0.532. The van der Waals surface area contributed by atoms with Gasteiger partial charge in [0.05, 0.1) is 25.1 Å². The molecule has 0 aliphatic heterocycles. The molecule has 138 valence electrons. The molecule has 1 atom stereocenters. The number of amides is 1. The van der Waals surface area contributed by atoms with Crippen LogP contribution in [-0.4, -0.2) is 42.1 Å². The summed E-state index contributed by atoms with van der Waals surface area (Å²) in [5.41, 5.74) is 3.23. The van der Waals surface area contributed by atoms with E-state index in [0.717, 1.165) is 47.2 Å². The number of methoxy groups -OCH3 is 1. The molecule has 0 unspecified atom stereocenters. The van der Waals surface area contributed by atoms with Crippen LogP contribution in [0.5, 0.6) is 5.75 Å². The van der Waals surface area contributed by atoms with Crippen molar-refractivity contribution in [3.63, 3.8) is 0 Å². The SMILES string of the molecule is CC[N-]C(=O)[C@@H]1CCCc2c1c1c(OC)cccc1n2CCO.CS.[K+]. The van der Waals surface area contributed by atoms with Gasteiger partial charge in [-0.2, -0.15) is 12.6 Å². The molecule has 0 radical (unpaired) electrons. The van der Waals surface area contributed by atoms with E-state index in [-0.39, 0.29) is 69.8 Å².